The van der Waals surface area contributed by atoms with Gasteiger partial charge in [-0.25, -0.2) is 0 Å². The highest BCUT2D eigenvalue weighted by Crippen LogP contribution is 2.16. The Labute approximate surface area is 240 Å². The summed E-state index contributed by atoms with van der Waals surface area (Å²) in [7, 11) is 5.54. The number of nitrogens with zero attached hydrogens (tertiary/aromatic N) is 4. The molecular formula is C28H52N4O8. The molecule has 1 rings (SSSR count). The summed E-state index contributed by atoms with van der Waals surface area (Å²) >= 11 is 0. The van der Waals surface area contributed by atoms with Gasteiger partial charge in [0.2, 0.25) is 0 Å². The molecule has 1 heterocycles. The second-order valence-electron chi connectivity index (χ2n) is 9.93. The van der Waals surface area contributed by atoms with Gasteiger partial charge in [-0.3, -0.25) is 38.8 Å². The summed E-state index contributed by atoms with van der Waals surface area (Å²) in [5.41, 5.74) is 0. The Balaban J connectivity index is 3.52. The van der Waals surface area contributed by atoms with Crippen molar-refractivity contribution >= 4 is 23.9 Å². The maximum atomic E-state index is 12.7. The van der Waals surface area contributed by atoms with Gasteiger partial charge in [0.25, 0.3) is 0 Å². The molecule has 40 heavy (non-hydrogen) atoms. The highest BCUT2D eigenvalue weighted by atomic mass is 16.5. The predicted octanol–water partition coefficient (Wildman–Crippen LogP) is 1.01. The predicted molar refractivity (Wildman–Crippen MR) is 151 cm³/mol. The Hall–Kier alpha value is -2.28. The number of methoxy groups -OCH3 is 4. The van der Waals surface area contributed by atoms with Gasteiger partial charge < -0.3 is 18.9 Å². The van der Waals surface area contributed by atoms with Crippen LogP contribution in [0, 0.1) is 0 Å². The quantitative estimate of drug-likeness (QED) is 0.245. The van der Waals surface area contributed by atoms with E-state index >= 15 is 0 Å². The van der Waals surface area contributed by atoms with Crippen molar-refractivity contribution in [3.05, 3.63) is 0 Å². The van der Waals surface area contributed by atoms with Crippen molar-refractivity contribution in [3.8, 4) is 0 Å². The Morgan fingerprint density at radius 1 is 0.425 bits per heavy atom. The van der Waals surface area contributed by atoms with Crippen LogP contribution < -0.4 is 0 Å². The Morgan fingerprint density at radius 2 is 0.575 bits per heavy atom. The first kappa shape index (κ1) is 35.7. The van der Waals surface area contributed by atoms with Gasteiger partial charge in [0.05, 0.1) is 28.4 Å². The third-order valence-corrected chi connectivity index (χ3v) is 7.90. The van der Waals surface area contributed by atoms with Gasteiger partial charge in [0.15, 0.2) is 0 Å². The number of carbonyl (C=O) groups is 4. The summed E-state index contributed by atoms with van der Waals surface area (Å²) in [6, 6.07) is -1.86. The molecule has 0 radical (unpaired) electrons. The van der Waals surface area contributed by atoms with Gasteiger partial charge >= 0.3 is 23.9 Å². The molecule has 12 nitrogen and oxygen atoms in total. The van der Waals surface area contributed by atoms with Crippen LogP contribution in [0.25, 0.3) is 0 Å². The summed E-state index contributed by atoms with van der Waals surface area (Å²) in [5.74, 6) is -1.27. The molecule has 0 spiro atoms. The number of esters is 4. The summed E-state index contributed by atoms with van der Waals surface area (Å²) in [5, 5.41) is 0. The van der Waals surface area contributed by atoms with Crippen molar-refractivity contribution in [3.63, 3.8) is 0 Å². The van der Waals surface area contributed by atoms with Crippen LogP contribution in [-0.2, 0) is 38.1 Å². The first-order chi connectivity index (χ1) is 19.2. The topological polar surface area (TPSA) is 118 Å². The van der Waals surface area contributed by atoms with Crippen LogP contribution in [0.15, 0.2) is 0 Å². The average Bonchev–Trinajstić information content (AvgIpc) is 2.97. The monoisotopic (exact) mass is 572 g/mol. The smallest absolute Gasteiger partial charge is 0.323 e. The minimum atomic E-state index is -0.464. The molecule has 4 unspecified atom stereocenters. The van der Waals surface area contributed by atoms with Crippen molar-refractivity contribution in [2.45, 2.75) is 77.5 Å². The first-order valence-electron chi connectivity index (χ1n) is 14.4. The third-order valence-electron chi connectivity index (χ3n) is 7.90. The second kappa shape index (κ2) is 19.0. The fraction of sp³-hybridized carbons (Fsp3) is 0.857. The van der Waals surface area contributed by atoms with Crippen molar-refractivity contribution in [1.82, 2.24) is 19.6 Å². The molecule has 1 fully saturated rings. The molecular weight excluding hydrogens is 520 g/mol. The van der Waals surface area contributed by atoms with Crippen molar-refractivity contribution in [1.29, 1.82) is 0 Å². The standard InChI is InChI=1S/C28H52N4O8/c1-9-21(25(33)37-5)29-13-15-30(22(10-2)26(34)38-6)17-19-32(24(12-4)28(36)40-8)20-18-31(16-14-29)23(11-3)27(35)39-7/h21-24H,9-20H2,1-8H3. The van der Waals surface area contributed by atoms with Crippen LogP contribution in [0.5, 0.6) is 0 Å². The van der Waals surface area contributed by atoms with E-state index in [1.165, 1.54) is 28.4 Å². The zero-order valence-electron chi connectivity index (χ0n) is 25.8. The lowest BCUT2D eigenvalue weighted by Gasteiger charge is -2.40. The van der Waals surface area contributed by atoms with Gasteiger partial charge in [0, 0.05) is 52.4 Å². The minimum Gasteiger partial charge on any atom is -0.468 e. The fourth-order valence-electron chi connectivity index (χ4n) is 5.56. The number of ether oxygens (including phenoxy) is 4. The lowest BCUT2D eigenvalue weighted by molar-refractivity contribution is -0.151. The SMILES string of the molecule is CCC(C(=O)OC)N1CCN(C(CC)C(=O)OC)CCN(C(CC)C(=O)OC)CCN(C(CC)C(=O)OC)CC1. The van der Waals surface area contributed by atoms with Crippen molar-refractivity contribution in [2.75, 3.05) is 80.8 Å². The molecule has 1 aliphatic rings. The molecule has 4 atom stereocenters. The van der Waals surface area contributed by atoms with E-state index in [4.69, 9.17) is 18.9 Å². The minimum absolute atomic E-state index is 0.317. The van der Waals surface area contributed by atoms with Crippen molar-refractivity contribution < 1.29 is 38.1 Å². The molecule has 12 heteroatoms. The number of hydrogen-bond donors (Lipinski definition) is 0. The van der Waals surface area contributed by atoms with Crippen LogP contribution >= 0.6 is 0 Å². The van der Waals surface area contributed by atoms with Crippen LogP contribution in [0.3, 0.4) is 0 Å². The zero-order valence-corrected chi connectivity index (χ0v) is 25.8. The van der Waals surface area contributed by atoms with Crippen LogP contribution in [0.4, 0.5) is 0 Å². The molecule has 1 aliphatic heterocycles. The first-order valence-corrected chi connectivity index (χ1v) is 14.4. The number of rotatable bonds is 12. The van der Waals surface area contributed by atoms with Gasteiger partial charge in [-0.05, 0) is 25.7 Å². The molecule has 232 valence electrons. The highest BCUT2D eigenvalue weighted by molar-refractivity contribution is 5.77. The van der Waals surface area contributed by atoms with E-state index in [0.717, 1.165) is 0 Å². The van der Waals surface area contributed by atoms with Gasteiger partial charge in [-0.2, -0.15) is 0 Å². The molecule has 0 bridgehead atoms. The molecule has 0 saturated carbocycles. The maximum Gasteiger partial charge on any atom is 0.323 e. The van der Waals surface area contributed by atoms with E-state index in [9.17, 15) is 19.2 Å². The van der Waals surface area contributed by atoms with E-state index in [-0.39, 0.29) is 23.9 Å². The Bertz CT molecular complexity index is 654. The molecule has 0 N–H and O–H groups in total. The molecule has 0 aromatic rings. The number of hydrogen-bond acceptors (Lipinski definition) is 12. The molecule has 0 aromatic heterocycles. The average molecular weight is 573 g/mol. The molecule has 1 saturated heterocycles. The fourth-order valence-corrected chi connectivity index (χ4v) is 5.56. The van der Waals surface area contributed by atoms with Gasteiger partial charge in [-0.15, -0.1) is 0 Å². The van der Waals surface area contributed by atoms with Gasteiger partial charge in [-0.1, -0.05) is 27.7 Å². The van der Waals surface area contributed by atoms with Gasteiger partial charge in [0.1, 0.15) is 24.2 Å². The normalized spacial score (nSPS) is 20.2. The van der Waals surface area contributed by atoms with Crippen LogP contribution in [-0.4, -0.2) is 148 Å². The lowest BCUT2D eigenvalue weighted by Crippen LogP contribution is -2.56. The van der Waals surface area contributed by atoms with E-state index in [1.54, 1.807) is 0 Å². The summed E-state index contributed by atoms with van der Waals surface area (Å²) in [4.78, 5) is 59.2. The Kier molecular flexibility index (Phi) is 16.9. The van der Waals surface area contributed by atoms with E-state index in [0.29, 0.717) is 78.0 Å². The maximum absolute atomic E-state index is 12.7. The highest BCUT2D eigenvalue weighted by Gasteiger charge is 2.34. The van der Waals surface area contributed by atoms with Crippen molar-refractivity contribution in [2.24, 2.45) is 0 Å². The lowest BCUT2D eigenvalue weighted by atomic mass is 10.1. The second-order valence-corrected chi connectivity index (χ2v) is 9.93. The molecule has 0 amide bonds. The molecule has 0 aliphatic carbocycles. The van der Waals surface area contributed by atoms with Crippen LogP contribution in [0.1, 0.15) is 53.4 Å². The summed E-state index contributed by atoms with van der Waals surface area (Å²) in [6.45, 7) is 11.7. The zero-order chi connectivity index (χ0) is 30.2. The van der Waals surface area contributed by atoms with E-state index < -0.39 is 24.2 Å². The van der Waals surface area contributed by atoms with E-state index in [1.807, 2.05) is 27.7 Å². The largest absolute Gasteiger partial charge is 0.468 e. The molecule has 0 aromatic carbocycles. The van der Waals surface area contributed by atoms with E-state index in [2.05, 4.69) is 19.6 Å². The summed E-state index contributed by atoms with van der Waals surface area (Å²) in [6.07, 6.45) is 2.22. The Morgan fingerprint density at radius 3 is 0.675 bits per heavy atom. The summed E-state index contributed by atoms with van der Waals surface area (Å²) < 4.78 is 20.4. The third kappa shape index (κ3) is 9.97. The van der Waals surface area contributed by atoms with Crippen LogP contribution in [0.2, 0.25) is 0 Å². The number of carbonyl (C=O) groups excluding carboxylic acids is 4.